The SMILES string of the molecule is CN=C(NCc1nccs1)N1CCN(c2cc(F)ccc2F)CC1. The monoisotopic (exact) mass is 351 g/mol. The van der Waals surface area contributed by atoms with Crippen molar-refractivity contribution in [2.75, 3.05) is 38.1 Å². The first-order chi connectivity index (χ1) is 11.7. The second kappa shape index (κ2) is 7.57. The van der Waals surface area contributed by atoms with Crippen LogP contribution < -0.4 is 10.2 Å². The second-order valence-electron chi connectivity index (χ2n) is 5.40. The van der Waals surface area contributed by atoms with E-state index in [0.717, 1.165) is 17.0 Å². The summed E-state index contributed by atoms with van der Waals surface area (Å²) in [7, 11) is 1.74. The summed E-state index contributed by atoms with van der Waals surface area (Å²) in [6.45, 7) is 3.22. The molecule has 8 heteroatoms. The third-order valence-corrected chi connectivity index (χ3v) is 4.70. The molecule has 0 bridgehead atoms. The third kappa shape index (κ3) is 3.81. The van der Waals surface area contributed by atoms with Crippen LogP contribution in [0.2, 0.25) is 0 Å². The molecule has 1 aromatic heterocycles. The van der Waals surface area contributed by atoms with Crippen LogP contribution in [0.4, 0.5) is 14.5 Å². The quantitative estimate of drug-likeness (QED) is 0.681. The van der Waals surface area contributed by atoms with Gasteiger partial charge in [-0.2, -0.15) is 0 Å². The van der Waals surface area contributed by atoms with E-state index >= 15 is 0 Å². The molecule has 3 rings (SSSR count). The molecule has 0 atom stereocenters. The molecule has 1 aliphatic rings. The fraction of sp³-hybridized carbons (Fsp3) is 0.375. The molecule has 0 aliphatic carbocycles. The molecule has 1 N–H and O–H groups in total. The summed E-state index contributed by atoms with van der Waals surface area (Å²) < 4.78 is 27.2. The predicted molar refractivity (Wildman–Crippen MR) is 92.5 cm³/mol. The zero-order valence-electron chi connectivity index (χ0n) is 13.4. The highest BCUT2D eigenvalue weighted by atomic mass is 32.1. The van der Waals surface area contributed by atoms with Crippen LogP contribution in [-0.2, 0) is 6.54 Å². The summed E-state index contributed by atoms with van der Waals surface area (Å²) in [6.07, 6.45) is 1.77. The molecule has 24 heavy (non-hydrogen) atoms. The number of aliphatic imine (C=N–C) groups is 1. The fourth-order valence-corrected chi connectivity index (χ4v) is 3.27. The van der Waals surface area contributed by atoms with Crippen LogP contribution in [0, 0.1) is 11.6 Å². The number of piperazine rings is 1. The lowest BCUT2D eigenvalue weighted by Gasteiger charge is -2.37. The molecule has 1 fully saturated rings. The van der Waals surface area contributed by atoms with Crippen molar-refractivity contribution >= 4 is 23.0 Å². The number of halogens is 2. The van der Waals surface area contributed by atoms with Gasteiger partial charge in [-0.1, -0.05) is 0 Å². The Labute approximate surface area is 143 Å². The number of anilines is 1. The molecule has 1 aromatic carbocycles. The smallest absolute Gasteiger partial charge is 0.194 e. The molecule has 5 nitrogen and oxygen atoms in total. The van der Waals surface area contributed by atoms with Crippen molar-refractivity contribution < 1.29 is 8.78 Å². The van der Waals surface area contributed by atoms with E-state index in [2.05, 4.69) is 20.2 Å². The highest BCUT2D eigenvalue weighted by Gasteiger charge is 2.22. The van der Waals surface area contributed by atoms with Crippen LogP contribution in [0.5, 0.6) is 0 Å². The molecule has 1 saturated heterocycles. The third-order valence-electron chi connectivity index (χ3n) is 3.92. The molecule has 2 aromatic rings. The first kappa shape index (κ1) is 16.6. The van der Waals surface area contributed by atoms with Crippen molar-refractivity contribution in [2.24, 2.45) is 4.99 Å². The summed E-state index contributed by atoms with van der Waals surface area (Å²) in [4.78, 5) is 12.5. The van der Waals surface area contributed by atoms with Gasteiger partial charge in [0, 0.05) is 50.9 Å². The van der Waals surface area contributed by atoms with Gasteiger partial charge in [-0.05, 0) is 12.1 Å². The van der Waals surface area contributed by atoms with Crippen LogP contribution in [0.15, 0.2) is 34.8 Å². The van der Waals surface area contributed by atoms with E-state index in [1.165, 1.54) is 12.1 Å². The van der Waals surface area contributed by atoms with Crippen molar-refractivity contribution in [3.8, 4) is 0 Å². The van der Waals surface area contributed by atoms with Gasteiger partial charge in [0.2, 0.25) is 0 Å². The van der Waals surface area contributed by atoms with Crippen LogP contribution in [0.25, 0.3) is 0 Å². The van der Waals surface area contributed by atoms with Crippen molar-refractivity contribution in [1.82, 2.24) is 15.2 Å². The Morgan fingerprint density at radius 1 is 1.29 bits per heavy atom. The van der Waals surface area contributed by atoms with Crippen molar-refractivity contribution in [1.29, 1.82) is 0 Å². The van der Waals surface area contributed by atoms with Crippen molar-refractivity contribution in [3.63, 3.8) is 0 Å². The summed E-state index contributed by atoms with van der Waals surface area (Å²) >= 11 is 1.59. The average molecular weight is 351 g/mol. The van der Waals surface area contributed by atoms with E-state index in [0.29, 0.717) is 38.4 Å². The topological polar surface area (TPSA) is 43.8 Å². The molecule has 1 aliphatic heterocycles. The zero-order chi connectivity index (χ0) is 16.9. The lowest BCUT2D eigenvalue weighted by atomic mass is 10.2. The summed E-state index contributed by atoms with van der Waals surface area (Å²) in [6, 6.07) is 3.56. The highest BCUT2D eigenvalue weighted by molar-refractivity contribution is 7.09. The van der Waals surface area contributed by atoms with Gasteiger partial charge in [0.25, 0.3) is 0 Å². The number of rotatable bonds is 3. The standard InChI is InChI=1S/C16H19F2N5S/c1-19-16(21-11-15-20-4-9-24-15)23-7-5-22(6-8-23)14-10-12(17)2-3-13(14)18/h2-4,9-10H,5-8,11H2,1H3,(H,19,21). The van der Waals surface area contributed by atoms with Gasteiger partial charge < -0.3 is 15.1 Å². The van der Waals surface area contributed by atoms with Gasteiger partial charge in [-0.3, -0.25) is 4.99 Å². The Hall–Kier alpha value is -2.22. The van der Waals surface area contributed by atoms with Crippen molar-refractivity contribution in [2.45, 2.75) is 6.54 Å². The maximum absolute atomic E-state index is 13.9. The number of benzene rings is 1. The van der Waals surface area contributed by atoms with Crippen LogP contribution in [0.1, 0.15) is 5.01 Å². The number of nitrogens with zero attached hydrogens (tertiary/aromatic N) is 4. The molecule has 0 saturated carbocycles. The Kier molecular flexibility index (Phi) is 5.24. The summed E-state index contributed by atoms with van der Waals surface area (Å²) in [5, 5.41) is 6.22. The molecular formula is C16H19F2N5S. The molecule has 0 spiro atoms. The summed E-state index contributed by atoms with van der Waals surface area (Å²) in [5.74, 6) is -0.0181. The van der Waals surface area contributed by atoms with Gasteiger partial charge >= 0.3 is 0 Å². The molecule has 2 heterocycles. The van der Waals surface area contributed by atoms with E-state index in [9.17, 15) is 8.78 Å². The molecule has 0 amide bonds. The van der Waals surface area contributed by atoms with Crippen LogP contribution >= 0.6 is 11.3 Å². The number of aromatic nitrogens is 1. The van der Waals surface area contributed by atoms with E-state index in [-0.39, 0.29) is 0 Å². The number of hydrogen-bond donors (Lipinski definition) is 1. The van der Waals surface area contributed by atoms with Gasteiger partial charge in [0.1, 0.15) is 16.6 Å². The average Bonchev–Trinajstić information content (AvgIpc) is 3.12. The Bertz CT molecular complexity index is 696. The molecule has 0 radical (unpaired) electrons. The fourth-order valence-electron chi connectivity index (χ4n) is 2.71. The number of hydrogen-bond acceptors (Lipinski definition) is 4. The summed E-state index contributed by atoms with van der Waals surface area (Å²) in [5.41, 5.74) is 0.320. The highest BCUT2D eigenvalue weighted by Crippen LogP contribution is 2.21. The van der Waals surface area contributed by atoms with Gasteiger partial charge in [0.05, 0.1) is 12.2 Å². The minimum Gasteiger partial charge on any atom is -0.366 e. The maximum Gasteiger partial charge on any atom is 0.194 e. The van der Waals surface area contributed by atoms with E-state index < -0.39 is 11.6 Å². The first-order valence-corrected chi connectivity index (χ1v) is 8.59. The lowest BCUT2D eigenvalue weighted by Crippen LogP contribution is -2.52. The minimum atomic E-state index is -0.422. The van der Waals surface area contributed by atoms with Crippen LogP contribution in [0.3, 0.4) is 0 Å². The van der Waals surface area contributed by atoms with Crippen molar-refractivity contribution in [3.05, 3.63) is 46.4 Å². The Balaban J connectivity index is 1.58. The first-order valence-electron chi connectivity index (χ1n) is 7.71. The normalized spacial score (nSPS) is 15.7. The van der Waals surface area contributed by atoms with E-state index in [1.54, 1.807) is 24.6 Å². The number of nitrogens with one attached hydrogen (secondary N) is 1. The van der Waals surface area contributed by atoms with Crippen LogP contribution in [-0.4, -0.2) is 49.1 Å². The van der Waals surface area contributed by atoms with E-state index in [4.69, 9.17) is 0 Å². The number of guanidine groups is 1. The second-order valence-corrected chi connectivity index (χ2v) is 6.38. The molecular weight excluding hydrogens is 332 g/mol. The lowest BCUT2D eigenvalue weighted by molar-refractivity contribution is 0.370. The number of thiazole rings is 1. The maximum atomic E-state index is 13.9. The van der Waals surface area contributed by atoms with Gasteiger partial charge in [-0.25, -0.2) is 13.8 Å². The minimum absolute atomic E-state index is 0.320. The predicted octanol–water partition coefficient (Wildman–Crippen LogP) is 2.32. The largest absolute Gasteiger partial charge is 0.366 e. The van der Waals surface area contributed by atoms with Gasteiger partial charge in [-0.15, -0.1) is 11.3 Å². The Morgan fingerprint density at radius 2 is 2.08 bits per heavy atom. The zero-order valence-corrected chi connectivity index (χ0v) is 14.2. The van der Waals surface area contributed by atoms with Gasteiger partial charge in [0.15, 0.2) is 5.96 Å². The molecule has 0 unspecified atom stereocenters. The molecule has 128 valence electrons. The van der Waals surface area contributed by atoms with E-state index in [1.807, 2.05) is 10.3 Å². The Morgan fingerprint density at radius 3 is 2.75 bits per heavy atom.